The summed E-state index contributed by atoms with van der Waals surface area (Å²) in [6.07, 6.45) is 4.63. The van der Waals surface area contributed by atoms with E-state index in [4.69, 9.17) is 0 Å². The highest BCUT2D eigenvalue weighted by atomic mass is 32.1. The molecule has 6 heteroatoms. The molecule has 0 radical (unpaired) electrons. The van der Waals surface area contributed by atoms with Gasteiger partial charge < -0.3 is 9.88 Å². The third-order valence-corrected chi connectivity index (χ3v) is 5.85. The highest BCUT2D eigenvalue weighted by Gasteiger charge is 2.08. The van der Waals surface area contributed by atoms with Crippen molar-refractivity contribution in [2.45, 2.75) is 26.3 Å². The maximum absolute atomic E-state index is 12.2. The predicted molar refractivity (Wildman–Crippen MR) is 113 cm³/mol. The van der Waals surface area contributed by atoms with Crippen molar-refractivity contribution < 1.29 is 4.79 Å². The van der Waals surface area contributed by atoms with Gasteiger partial charge in [-0.05, 0) is 49.2 Å². The molecular weight excluding hydrogens is 368 g/mol. The highest BCUT2D eigenvalue weighted by molar-refractivity contribution is 7.13. The van der Waals surface area contributed by atoms with Gasteiger partial charge in [-0.1, -0.05) is 6.07 Å². The molecule has 4 aromatic rings. The summed E-state index contributed by atoms with van der Waals surface area (Å²) in [6.45, 7) is 2.64. The number of aromatic nitrogens is 3. The van der Waals surface area contributed by atoms with Gasteiger partial charge in [0.2, 0.25) is 5.91 Å². The summed E-state index contributed by atoms with van der Waals surface area (Å²) in [7, 11) is 2.07. The molecule has 0 aliphatic carbocycles. The standard InChI is InChI=1S/C22H22N4OS/c1-15-10-18-11-16(5-7-20(18)26(15)2)12-24-21(27)8-6-19-14-28-22(25-19)17-4-3-9-23-13-17/h3-5,7,9-11,13-14H,6,8,12H2,1-2H3,(H,24,27). The normalized spacial score (nSPS) is 11.1. The van der Waals surface area contributed by atoms with Gasteiger partial charge in [0.25, 0.3) is 0 Å². The van der Waals surface area contributed by atoms with Crippen LogP contribution < -0.4 is 5.32 Å². The Labute approximate surface area is 168 Å². The molecule has 0 aliphatic rings. The van der Waals surface area contributed by atoms with Crippen LogP contribution in [0, 0.1) is 6.92 Å². The zero-order valence-corrected chi connectivity index (χ0v) is 16.8. The van der Waals surface area contributed by atoms with Crippen LogP contribution >= 0.6 is 11.3 Å². The number of carbonyl (C=O) groups is 1. The summed E-state index contributed by atoms with van der Waals surface area (Å²) in [5.74, 6) is 0.0419. The summed E-state index contributed by atoms with van der Waals surface area (Å²) in [6, 6.07) is 12.4. The lowest BCUT2D eigenvalue weighted by Gasteiger charge is -2.06. The van der Waals surface area contributed by atoms with Gasteiger partial charge in [-0.25, -0.2) is 4.98 Å². The van der Waals surface area contributed by atoms with E-state index in [9.17, 15) is 4.79 Å². The number of nitrogens with one attached hydrogen (secondary N) is 1. The monoisotopic (exact) mass is 390 g/mol. The Morgan fingerprint density at radius 3 is 2.96 bits per heavy atom. The van der Waals surface area contributed by atoms with Crippen LogP contribution in [0.4, 0.5) is 0 Å². The Balaban J connectivity index is 1.31. The molecule has 1 aromatic carbocycles. The third kappa shape index (κ3) is 3.97. The van der Waals surface area contributed by atoms with Crippen molar-refractivity contribution >= 4 is 28.1 Å². The molecule has 0 spiro atoms. The van der Waals surface area contributed by atoms with Crippen molar-refractivity contribution in [3.63, 3.8) is 0 Å². The number of carbonyl (C=O) groups excluding carboxylic acids is 1. The highest BCUT2D eigenvalue weighted by Crippen LogP contribution is 2.23. The predicted octanol–water partition coefficient (Wildman–Crippen LogP) is 4.25. The summed E-state index contributed by atoms with van der Waals surface area (Å²) >= 11 is 1.58. The lowest BCUT2D eigenvalue weighted by Crippen LogP contribution is -2.23. The van der Waals surface area contributed by atoms with Crippen LogP contribution in [-0.4, -0.2) is 20.4 Å². The maximum Gasteiger partial charge on any atom is 0.220 e. The van der Waals surface area contributed by atoms with Gasteiger partial charge in [0.05, 0.1) is 5.69 Å². The van der Waals surface area contributed by atoms with E-state index in [-0.39, 0.29) is 5.91 Å². The molecule has 0 atom stereocenters. The van der Waals surface area contributed by atoms with E-state index >= 15 is 0 Å². The van der Waals surface area contributed by atoms with Crippen molar-refractivity contribution in [2.24, 2.45) is 7.05 Å². The molecule has 0 saturated carbocycles. The first kappa shape index (κ1) is 18.4. The van der Waals surface area contributed by atoms with E-state index in [1.807, 2.05) is 17.5 Å². The van der Waals surface area contributed by atoms with E-state index < -0.39 is 0 Å². The van der Waals surface area contributed by atoms with Crippen molar-refractivity contribution in [1.82, 2.24) is 19.9 Å². The lowest BCUT2D eigenvalue weighted by atomic mass is 10.1. The molecule has 1 amide bonds. The van der Waals surface area contributed by atoms with E-state index in [1.165, 1.54) is 16.6 Å². The topological polar surface area (TPSA) is 59.8 Å². The average Bonchev–Trinajstić information content (AvgIpc) is 3.30. The van der Waals surface area contributed by atoms with Crippen LogP contribution in [0.2, 0.25) is 0 Å². The Morgan fingerprint density at radius 1 is 1.25 bits per heavy atom. The second-order valence-corrected chi connectivity index (χ2v) is 7.76. The molecule has 3 aromatic heterocycles. The van der Waals surface area contributed by atoms with Gasteiger partial charge in [0.15, 0.2) is 0 Å². The molecule has 0 fully saturated rings. The SMILES string of the molecule is Cc1cc2cc(CNC(=O)CCc3csc(-c4cccnc4)n3)ccc2n1C. The molecule has 0 unspecified atom stereocenters. The van der Waals surface area contributed by atoms with Crippen molar-refractivity contribution in [1.29, 1.82) is 0 Å². The maximum atomic E-state index is 12.2. The Kier molecular flexibility index (Phi) is 5.21. The summed E-state index contributed by atoms with van der Waals surface area (Å²) in [5.41, 5.74) is 5.50. The van der Waals surface area contributed by atoms with Gasteiger partial charge in [-0.15, -0.1) is 11.3 Å². The lowest BCUT2D eigenvalue weighted by molar-refractivity contribution is -0.121. The number of fused-ring (bicyclic) bond motifs is 1. The minimum Gasteiger partial charge on any atom is -0.352 e. The van der Waals surface area contributed by atoms with Crippen LogP contribution in [0.1, 0.15) is 23.4 Å². The van der Waals surface area contributed by atoms with Crippen LogP contribution in [0.25, 0.3) is 21.5 Å². The second-order valence-electron chi connectivity index (χ2n) is 6.90. The largest absolute Gasteiger partial charge is 0.352 e. The van der Waals surface area contributed by atoms with Crippen LogP contribution in [0.5, 0.6) is 0 Å². The fourth-order valence-corrected chi connectivity index (χ4v) is 4.07. The van der Waals surface area contributed by atoms with Gasteiger partial charge in [0, 0.05) is 59.9 Å². The minimum atomic E-state index is 0.0419. The van der Waals surface area contributed by atoms with Crippen molar-refractivity contribution in [3.8, 4) is 10.6 Å². The number of nitrogens with zero attached hydrogens (tertiary/aromatic N) is 3. The first-order chi connectivity index (χ1) is 13.6. The van der Waals surface area contributed by atoms with E-state index in [0.29, 0.717) is 19.4 Å². The molecule has 4 rings (SSSR count). The van der Waals surface area contributed by atoms with E-state index in [2.05, 4.69) is 58.1 Å². The number of rotatable bonds is 6. The molecule has 28 heavy (non-hydrogen) atoms. The zero-order chi connectivity index (χ0) is 19.5. The Bertz CT molecular complexity index is 1110. The van der Waals surface area contributed by atoms with Crippen LogP contribution in [0.3, 0.4) is 0 Å². The minimum absolute atomic E-state index is 0.0419. The third-order valence-electron chi connectivity index (χ3n) is 4.90. The first-order valence-corrected chi connectivity index (χ1v) is 10.1. The average molecular weight is 391 g/mol. The van der Waals surface area contributed by atoms with Gasteiger partial charge in [0.1, 0.15) is 5.01 Å². The number of amides is 1. The summed E-state index contributed by atoms with van der Waals surface area (Å²) < 4.78 is 2.17. The molecule has 142 valence electrons. The number of hydrogen-bond donors (Lipinski definition) is 1. The second kappa shape index (κ2) is 7.94. The number of hydrogen-bond acceptors (Lipinski definition) is 4. The number of pyridine rings is 1. The fourth-order valence-electron chi connectivity index (χ4n) is 3.22. The quantitative estimate of drug-likeness (QED) is 0.535. The Hall–Kier alpha value is -2.99. The summed E-state index contributed by atoms with van der Waals surface area (Å²) in [5, 5.41) is 7.17. The van der Waals surface area contributed by atoms with Crippen molar-refractivity contribution in [2.75, 3.05) is 0 Å². The Morgan fingerprint density at radius 2 is 2.14 bits per heavy atom. The number of aryl methyl sites for hydroxylation is 3. The molecular formula is C22H22N4OS. The van der Waals surface area contributed by atoms with Crippen LogP contribution in [-0.2, 0) is 24.8 Å². The zero-order valence-electron chi connectivity index (χ0n) is 16.0. The number of benzene rings is 1. The van der Waals surface area contributed by atoms with E-state index in [0.717, 1.165) is 21.8 Å². The van der Waals surface area contributed by atoms with E-state index in [1.54, 1.807) is 23.7 Å². The summed E-state index contributed by atoms with van der Waals surface area (Å²) in [4.78, 5) is 21.0. The van der Waals surface area contributed by atoms with Crippen molar-refractivity contribution in [3.05, 3.63) is 71.1 Å². The number of thiazole rings is 1. The first-order valence-electron chi connectivity index (χ1n) is 9.26. The van der Waals surface area contributed by atoms with Gasteiger partial charge in [-0.3, -0.25) is 9.78 Å². The van der Waals surface area contributed by atoms with Gasteiger partial charge in [-0.2, -0.15) is 0 Å². The molecule has 3 heterocycles. The van der Waals surface area contributed by atoms with Gasteiger partial charge >= 0.3 is 0 Å². The molecule has 0 aliphatic heterocycles. The molecule has 0 bridgehead atoms. The smallest absolute Gasteiger partial charge is 0.220 e. The van der Waals surface area contributed by atoms with Crippen LogP contribution in [0.15, 0.2) is 54.2 Å². The molecule has 1 N–H and O–H groups in total. The molecule has 0 saturated heterocycles. The molecule has 5 nitrogen and oxygen atoms in total. The fraction of sp³-hybridized carbons (Fsp3) is 0.227.